The van der Waals surface area contributed by atoms with Gasteiger partial charge in [0.25, 0.3) is 10.0 Å². The maximum atomic E-state index is 12.5. The summed E-state index contributed by atoms with van der Waals surface area (Å²) in [6, 6.07) is 13.0. The van der Waals surface area contributed by atoms with Crippen molar-refractivity contribution >= 4 is 49.0 Å². The fourth-order valence-electron chi connectivity index (χ4n) is 1.87. The van der Waals surface area contributed by atoms with Gasteiger partial charge in [0.05, 0.1) is 17.2 Å². The molecule has 24 heavy (non-hydrogen) atoms. The van der Waals surface area contributed by atoms with Gasteiger partial charge in [0.2, 0.25) is 0 Å². The highest BCUT2D eigenvalue weighted by Crippen LogP contribution is 2.20. The number of nitrogens with zero attached hydrogens (tertiary/aromatic N) is 1. The monoisotopic (exact) mass is 429 g/mol. The lowest BCUT2D eigenvalue weighted by Crippen LogP contribution is -2.48. The lowest BCUT2D eigenvalue weighted by Gasteiger charge is -2.23. The number of benzene rings is 2. The van der Waals surface area contributed by atoms with Crippen molar-refractivity contribution in [2.75, 3.05) is 11.6 Å². The molecule has 0 bridgehead atoms. The van der Waals surface area contributed by atoms with E-state index in [0.717, 1.165) is 9.48 Å². The van der Waals surface area contributed by atoms with Crippen molar-refractivity contribution in [2.45, 2.75) is 11.8 Å². The molecule has 0 amide bonds. The maximum absolute atomic E-state index is 12.5. The molecule has 0 saturated carbocycles. The zero-order chi connectivity index (χ0) is 17.7. The number of thiocarbonyl (C=S) groups is 1. The number of nitrogens with two attached hydrogens (primary N) is 1. The highest BCUT2D eigenvalue weighted by molar-refractivity contribution is 9.10. The summed E-state index contributed by atoms with van der Waals surface area (Å²) in [7, 11) is -3.85. The Morgan fingerprint density at radius 3 is 2.29 bits per heavy atom. The van der Waals surface area contributed by atoms with Crippen molar-refractivity contribution in [3.8, 4) is 5.75 Å². The number of hydrogen-bond acceptors (Lipinski definition) is 4. The largest absolute Gasteiger partial charge is 0.494 e. The number of ether oxygens (including phenoxy) is 1. The Balaban J connectivity index is 2.27. The molecule has 6 nitrogen and oxygen atoms in total. The summed E-state index contributed by atoms with van der Waals surface area (Å²) in [6.07, 6.45) is 0. The molecule has 0 aliphatic heterocycles. The van der Waals surface area contributed by atoms with Crippen LogP contribution in [0.3, 0.4) is 0 Å². The second kappa shape index (κ2) is 7.93. The zero-order valence-electron chi connectivity index (χ0n) is 12.8. The molecule has 2 rings (SSSR count). The van der Waals surface area contributed by atoms with Crippen molar-refractivity contribution in [3.63, 3.8) is 0 Å². The van der Waals surface area contributed by atoms with E-state index < -0.39 is 10.0 Å². The van der Waals surface area contributed by atoms with Gasteiger partial charge in [-0.3, -0.25) is 0 Å². The van der Waals surface area contributed by atoms with Crippen LogP contribution in [0.25, 0.3) is 0 Å². The van der Waals surface area contributed by atoms with E-state index in [2.05, 4.69) is 20.8 Å². The predicted octanol–water partition coefficient (Wildman–Crippen LogP) is 2.79. The molecule has 2 aromatic carbocycles. The molecule has 3 N–H and O–H groups in total. The molecule has 0 unspecified atom stereocenters. The average Bonchev–Trinajstić information content (AvgIpc) is 2.54. The van der Waals surface area contributed by atoms with Crippen molar-refractivity contribution in [1.82, 2.24) is 4.83 Å². The van der Waals surface area contributed by atoms with Gasteiger partial charge in [-0.15, -0.1) is 4.83 Å². The van der Waals surface area contributed by atoms with Crippen LogP contribution >= 0.6 is 28.1 Å². The van der Waals surface area contributed by atoms with Crippen molar-refractivity contribution in [3.05, 3.63) is 53.0 Å². The van der Waals surface area contributed by atoms with E-state index in [1.807, 2.05) is 6.92 Å². The number of anilines is 1. The van der Waals surface area contributed by atoms with Gasteiger partial charge < -0.3 is 10.5 Å². The molecule has 128 valence electrons. The molecular formula is C15H16BrN3O3S2. The van der Waals surface area contributed by atoms with E-state index in [-0.39, 0.29) is 10.0 Å². The van der Waals surface area contributed by atoms with Crippen LogP contribution in [0.5, 0.6) is 5.75 Å². The minimum atomic E-state index is -3.85. The number of halogens is 1. The predicted molar refractivity (Wildman–Crippen MR) is 101 cm³/mol. The Bertz CT molecular complexity index is 809. The Kier molecular flexibility index (Phi) is 6.16. The quantitative estimate of drug-likeness (QED) is 0.542. The van der Waals surface area contributed by atoms with Gasteiger partial charge in [-0.1, -0.05) is 15.9 Å². The first-order valence-electron chi connectivity index (χ1n) is 6.94. The van der Waals surface area contributed by atoms with Gasteiger partial charge in [-0.25, -0.2) is 13.4 Å². The number of nitrogens with one attached hydrogen (secondary N) is 1. The fraction of sp³-hybridized carbons (Fsp3) is 0.133. The normalized spacial score (nSPS) is 11.1. The summed E-state index contributed by atoms with van der Waals surface area (Å²) in [5.74, 6) is 0.593. The maximum Gasteiger partial charge on any atom is 0.257 e. The van der Waals surface area contributed by atoms with Crippen LogP contribution < -0.4 is 20.3 Å². The van der Waals surface area contributed by atoms with Crippen molar-refractivity contribution in [1.29, 1.82) is 0 Å². The van der Waals surface area contributed by atoms with Crippen LogP contribution in [0.1, 0.15) is 6.92 Å². The molecule has 0 aromatic heterocycles. The summed E-state index contributed by atoms with van der Waals surface area (Å²) in [5, 5.41) is 1.01. The van der Waals surface area contributed by atoms with Crippen LogP contribution in [-0.4, -0.2) is 20.1 Å². The Morgan fingerprint density at radius 2 is 1.79 bits per heavy atom. The van der Waals surface area contributed by atoms with Crippen LogP contribution in [0.2, 0.25) is 0 Å². The van der Waals surface area contributed by atoms with E-state index in [4.69, 9.17) is 22.7 Å². The Hall–Kier alpha value is -1.68. The van der Waals surface area contributed by atoms with Gasteiger partial charge in [0, 0.05) is 4.47 Å². The van der Waals surface area contributed by atoms with Crippen molar-refractivity contribution in [2.24, 2.45) is 5.73 Å². The standard InChI is InChI=1S/C15H16BrN3O3S2/c1-2-22-13-7-9-14(10-8-13)24(20,21)18-19(15(17)23)12-5-3-11(16)4-6-12/h3-10,18H,2H2,1H3,(H2,17,23). The first-order valence-corrected chi connectivity index (χ1v) is 9.62. The van der Waals surface area contributed by atoms with Gasteiger partial charge in [-0.05, 0) is 67.7 Å². The topological polar surface area (TPSA) is 84.7 Å². The third-order valence-electron chi connectivity index (χ3n) is 2.96. The molecule has 0 atom stereocenters. The second-order valence-electron chi connectivity index (χ2n) is 4.65. The minimum Gasteiger partial charge on any atom is -0.494 e. The lowest BCUT2D eigenvalue weighted by molar-refractivity contribution is 0.340. The summed E-state index contributed by atoms with van der Waals surface area (Å²) in [4.78, 5) is 2.45. The molecule has 0 heterocycles. The molecule has 0 aliphatic rings. The number of hydrazine groups is 1. The first kappa shape index (κ1) is 18.7. The molecule has 0 spiro atoms. The summed E-state index contributed by atoms with van der Waals surface area (Å²) in [6.45, 7) is 2.35. The average molecular weight is 430 g/mol. The van der Waals surface area contributed by atoms with Crippen LogP contribution in [0.4, 0.5) is 5.69 Å². The molecule has 0 aliphatic carbocycles. The van der Waals surface area contributed by atoms with Crippen LogP contribution in [-0.2, 0) is 10.0 Å². The minimum absolute atomic E-state index is 0.0734. The first-order chi connectivity index (χ1) is 11.3. The lowest BCUT2D eigenvalue weighted by atomic mass is 10.3. The molecule has 0 fully saturated rings. The van der Waals surface area contributed by atoms with E-state index in [9.17, 15) is 8.42 Å². The Labute approximate surface area is 154 Å². The van der Waals surface area contributed by atoms with Gasteiger partial charge >= 0.3 is 0 Å². The van der Waals surface area contributed by atoms with E-state index in [0.29, 0.717) is 18.0 Å². The molecule has 0 saturated heterocycles. The van der Waals surface area contributed by atoms with Gasteiger partial charge in [-0.2, -0.15) is 0 Å². The molecule has 0 radical (unpaired) electrons. The summed E-state index contributed by atoms with van der Waals surface area (Å²) < 4.78 is 31.2. The highest BCUT2D eigenvalue weighted by Gasteiger charge is 2.20. The second-order valence-corrected chi connectivity index (χ2v) is 7.64. The summed E-state index contributed by atoms with van der Waals surface area (Å²) >= 11 is 8.27. The van der Waals surface area contributed by atoms with E-state index >= 15 is 0 Å². The van der Waals surface area contributed by atoms with Crippen LogP contribution in [0, 0.1) is 0 Å². The van der Waals surface area contributed by atoms with E-state index in [1.54, 1.807) is 36.4 Å². The van der Waals surface area contributed by atoms with Crippen molar-refractivity contribution < 1.29 is 13.2 Å². The third-order valence-corrected chi connectivity index (χ3v) is 4.99. The number of hydrogen-bond donors (Lipinski definition) is 2. The van der Waals surface area contributed by atoms with E-state index in [1.165, 1.54) is 12.1 Å². The number of rotatable bonds is 6. The van der Waals surface area contributed by atoms with Gasteiger partial charge in [0.1, 0.15) is 5.75 Å². The molecule has 9 heteroatoms. The third kappa shape index (κ3) is 4.67. The van der Waals surface area contributed by atoms with Crippen LogP contribution in [0.15, 0.2) is 57.9 Å². The molecule has 2 aromatic rings. The SMILES string of the molecule is CCOc1ccc(S(=O)(=O)NN(C(N)=S)c2ccc(Br)cc2)cc1. The fourth-order valence-corrected chi connectivity index (χ4v) is 3.39. The smallest absolute Gasteiger partial charge is 0.257 e. The Morgan fingerprint density at radius 1 is 1.21 bits per heavy atom. The zero-order valence-corrected chi connectivity index (χ0v) is 16.0. The highest BCUT2D eigenvalue weighted by atomic mass is 79.9. The van der Waals surface area contributed by atoms with Gasteiger partial charge in [0.15, 0.2) is 5.11 Å². The molecular weight excluding hydrogens is 414 g/mol. The summed E-state index contributed by atoms with van der Waals surface area (Å²) in [5.41, 5.74) is 6.15. The number of sulfonamides is 1.